The minimum absolute atomic E-state index is 0.105. The first-order valence-electron chi connectivity index (χ1n) is 4.71. The van der Waals surface area contributed by atoms with E-state index in [0.29, 0.717) is 18.8 Å². The molecule has 0 atom stereocenters. The molecule has 3 nitrogen and oxygen atoms in total. The maximum Gasteiger partial charge on any atom is 0.211 e. The van der Waals surface area contributed by atoms with Gasteiger partial charge in [-0.2, -0.15) is 0 Å². The van der Waals surface area contributed by atoms with Crippen molar-refractivity contribution in [3.05, 3.63) is 35.9 Å². The number of hydrogen-bond acceptors (Lipinski definition) is 2. The molecule has 0 spiro atoms. The molecule has 1 aromatic carbocycles. The van der Waals surface area contributed by atoms with Gasteiger partial charge in [0, 0.05) is 12.4 Å². The lowest BCUT2D eigenvalue weighted by Crippen LogP contribution is -2.28. The molecular formula is C10H14ClNO2S. The summed E-state index contributed by atoms with van der Waals surface area (Å²) in [6.45, 7) is 0.290. The predicted molar refractivity (Wildman–Crippen MR) is 62.7 cm³/mol. The van der Waals surface area contributed by atoms with Gasteiger partial charge in [-0.25, -0.2) is 13.1 Å². The summed E-state index contributed by atoms with van der Waals surface area (Å²) in [5.41, 5.74) is 1.02. The molecule has 1 rings (SSSR count). The third kappa shape index (κ3) is 5.16. The third-order valence-electron chi connectivity index (χ3n) is 1.92. The number of aryl methyl sites for hydroxylation is 1. The second-order valence-electron chi connectivity index (χ2n) is 3.14. The van der Waals surface area contributed by atoms with Crippen LogP contribution in [0.3, 0.4) is 0 Å². The van der Waals surface area contributed by atoms with Gasteiger partial charge in [0.25, 0.3) is 0 Å². The van der Waals surface area contributed by atoms with Gasteiger partial charge in [0.05, 0.1) is 5.75 Å². The van der Waals surface area contributed by atoms with Crippen molar-refractivity contribution in [1.29, 1.82) is 0 Å². The molecule has 1 N–H and O–H groups in total. The van der Waals surface area contributed by atoms with E-state index in [-0.39, 0.29) is 5.75 Å². The quantitative estimate of drug-likeness (QED) is 0.773. The fourth-order valence-electron chi connectivity index (χ4n) is 1.16. The van der Waals surface area contributed by atoms with E-state index in [1.807, 2.05) is 30.3 Å². The molecule has 5 heteroatoms. The molecule has 0 aliphatic heterocycles. The van der Waals surface area contributed by atoms with Crippen LogP contribution in [0.4, 0.5) is 0 Å². The zero-order valence-corrected chi connectivity index (χ0v) is 9.89. The predicted octanol–water partition coefficient (Wildman–Crippen LogP) is 1.39. The molecule has 0 bridgehead atoms. The number of alkyl halides is 1. The second-order valence-corrected chi connectivity index (χ2v) is 5.44. The van der Waals surface area contributed by atoms with E-state index >= 15 is 0 Å². The number of hydrogen-bond donors (Lipinski definition) is 1. The molecule has 84 valence electrons. The van der Waals surface area contributed by atoms with Crippen LogP contribution in [0.5, 0.6) is 0 Å². The number of sulfonamides is 1. The van der Waals surface area contributed by atoms with Crippen LogP contribution in [0.1, 0.15) is 5.56 Å². The molecule has 1 aromatic rings. The first-order chi connectivity index (χ1) is 7.14. The Morgan fingerprint density at radius 3 is 2.47 bits per heavy atom. The maximum atomic E-state index is 11.4. The molecule has 0 aliphatic carbocycles. The van der Waals surface area contributed by atoms with Gasteiger partial charge < -0.3 is 0 Å². The highest BCUT2D eigenvalue weighted by molar-refractivity contribution is 7.89. The average Bonchev–Trinajstić information content (AvgIpc) is 2.25. The van der Waals surface area contributed by atoms with Crippen LogP contribution < -0.4 is 4.72 Å². The summed E-state index contributed by atoms with van der Waals surface area (Å²) in [6, 6.07) is 9.53. The first kappa shape index (κ1) is 12.5. The number of benzene rings is 1. The third-order valence-corrected chi connectivity index (χ3v) is 3.49. The van der Waals surface area contributed by atoms with Crippen molar-refractivity contribution in [3.63, 3.8) is 0 Å². The molecule has 0 heterocycles. The van der Waals surface area contributed by atoms with Gasteiger partial charge in [0.2, 0.25) is 10.0 Å². The summed E-state index contributed by atoms with van der Waals surface area (Å²) in [5, 5.41) is 0. The lowest BCUT2D eigenvalue weighted by molar-refractivity contribution is 0.583. The highest BCUT2D eigenvalue weighted by Gasteiger charge is 2.08. The minimum Gasteiger partial charge on any atom is -0.214 e. The van der Waals surface area contributed by atoms with Crippen LogP contribution in [0.15, 0.2) is 30.3 Å². The van der Waals surface area contributed by atoms with Crippen molar-refractivity contribution < 1.29 is 8.42 Å². The van der Waals surface area contributed by atoms with E-state index < -0.39 is 10.0 Å². The average molecular weight is 248 g/mol. The highest BCUT2D eigenvalue weighted by atomic mass is 35.5. The van der Waals surface area contributed by atoms with Crippen molar-refractivity contribution in [2.45, 2.75) is 6.42 Å². The lowest BCUT2D eigenvalue weighted by Gasteiger charge is -2.04. The largest absolute Gasteiger partial charge is 0.214 e. The Balaban J connectivity index is 2.43. The number of nitrogens with one attached hydrogen (secondary N) is 1. The van der Waals surface area contributed by atoms with Crippen molar-refractivity contribution >= 4 is 21.6 Å². The van der Waals surface area contributed by atoms with Crippen LogP contribution in [-0.2, 0) is 16.4 Å². The molecule has 0 amide bonds. The lowest BCUT2D eigenvalue weighted by atomic mass is 10.2. The van der Waals surface area contributed by atoms with Gasteiger partial charge in [-0.1, -0.05) is 30.3 Å². The monoisotopic (exact) mass is 247 g/mol. The standard InChI is InChI=1S/C10H14ClNO2S/c11-7-8-12-15(13,14)9-6-10-4-2-1-3-5-10/h1-5,12H,6-9H2. The molecule has 0 saturated carbocycles. The van der Waals surface area contributed by atoms with Crippen LogP contribution in [0.25, 0.3) is 0 Å². The zero-order valence-electron chi connectivity index (χ0n) is 8.32. The Morgan fingerprint density at radius 1 is 1.20 bits per heavy atom. The molecule has 0 aliphatic rings. The van der Waals surface area contributed by atoms with Crippen molar-refractivity contribution in [1.82, 2.24) is 4.72 Å². The summed E-state index contributed by atoms with van der Waals surface area (Å²) in [6.07, 6.45) is 0.526. The minimum atomic E-state index is -3.18. The van der Waals surface area contributed by atoms with Gasteiger partial charge >= 0.3 is 0 Å². The summed E-state index contributed by atoms with van der Waals surface area (Å²) in [7, 11) is -3.18. The summed E-state index contributed by atoms with van der Waals surface area (Å²) >= 11 is 5.40. The Morgan fingerprint density at radius 2 is 1.87 bits per heavy atom. The van der Waals surface area contributed by atoms with E-state index in [2.05, 4.69) is 4.72 Å². The Hall–Kier alpha value is -0.580. The van der Waals surface area contributed by atoms with Gasteiger partial charge in [-0.15, -0.1) is 11.6 Å². The van der Waals surface area contributed by atoms with E-state index in [0.717, 1.165) is 5.56 Å². The first-order valence-corrected chi connectivity index (χ1v) is 6.90. The Labute approximate surface area is 95.5 Å². The van der Waals surface area contributed by atoms with E-state index in [1.165, 1.54) is 0 Å². The van der Waals surface area contributed by atoms with E-state index in [4.69, 9.17) is 11.6 Å². The van der Waals surface area contributed by atoms with Crippen LogP contribution in [-0.4, -0.2) is 26.6 Å². The highest BCUT2D eigenvalue weighted by Crippen LogP contribution is 2.01. The summed E-state index contributed by atoms with van der Waals surface area (Å²) in [5.74, 6) is 0.401. The maximum absolute atomic E-state index is 11.4. The molecule has 0 fully saturated rings. The molecule has 0 aromatic heterocycles. The normalized spacial score (nSPS) is 11.5. The summed E-state index contributed by atoms with van der Waals surface area (Å²) < 4.78 is 25.2. The molecule has 15 heavy (non-hydrogen) atoms. The Bertz CT molecular complexity index is 378. The van der Waals surface area contributed by atoms with Gasteiger partial charge in [0.15, 0.2) is 0 Å². The second kappa shape index (κ2) is 6.10. The van der Waals surface area contributed by atoms with E-state index in [1.54, 1.807) is 0 Å². The van der Waals surface area contributed by atoms with Crippen LogP contribution in [0.2, 0.25) is 0 Å². The molecule has 0 saturated heterocycles. The number of halogens is 1. The van der Waals surface area contributed by atoms with Crippen molar-refractivity contribution in [2.75, 3.05) is 18.2 Å². The molecule has 0 unspecified atom stereocenters. The fraction of sp³-hybridized carbons (Fsp3) is 0.400. The Kier molecular flexibility index (Phi) is 5.08. The fourth-order valence-corrected chi connectivity index (χ4v) is 2.43. The van der Waals surface area contributed by atoms with Gasteiger partial charge in [0.1, 0.15) is 0 Å². The topological polar surface area (TPSA) is 46.2 Å². The van der Waals surface area contributed by atoms with Crippen molar-refractivity contribution in [2.24, 2.45) is 0 Å². The number of rotatable bonds is 6. The zero-order chi connectivity index (χ0) is 11.1. The van der Waals surface area contributed by atoms with Crippen LogP contribution in [0, 0.1) is 0 Å². The molecular weight excluding hydrogens is 234 g/mol. The van der Waals surface area contributed by atoms with Crippen molar-refractivity contribution in [3.8, 4) is 0 Å². The SMILES string of the molecule is O=S(=O)(CCc1ccccc1)NCCCl. The smallest absolute Gasteiger partial charge is 0.211 e. The van der Waals surface area contributed by atoms with Gasteiger partial charge in [-0.05, 0) is 12.0 Å². The van der Waals surface area contributed by atoms with Gasteiger partial charge in [-0.3, -0.25) is 0 Å². The summed E-state index contributed by atoms with van der Waals surface area (Å²) in [4.78, 5) is 0. The van der Waals surface area contributed by atoms with E-state index in [9.17, 15) is 8.42 Å². The molecule has 0 radical (unpaired) electrons. The van der Waals surface area contributed by atoms with Crippen LogP contribution >= 0.6 is 11.6 Å².